The van der Waals surface area contributed by atoms with Gasteiger partial charge in [0.15, 0.2) is 11.5 Å². The first kappa shape index (κ1) is 11.4. The zero-order chi connectivity index (χ0) is 12.3. The number of hydrogen-bond acceptors (Lipinski definition) is 4. The van der Waals surface area contributed by atoms with Crippen molar-refractivity contribution in [2.45, 2.75) is 6.42 Å². The molecule has 0 aliphatic heterocycles. The highest BCUT2D eigenvalue weighted by molar-refractivity contribution is 6.00. The summed E-state index contributed by atoms with van der Waals surface area (Å²) < 4.78 is 5.47. The van der Waals surface area contributed by atoms with Crippen LogP contribution in [0.2, 0.25) is 0 Å². The van der Waals surface area contributed by atoms with Crippen LogP contribution in [0.5, 0.6) is 11.5 Å². The third-order valence-electron chi connectivity index (χ3n) is 2.28. The van der Waals surface area contributed by atoms with Crippen LogP contribution in [0.4, 0.5) is 5.69 Å². The highest BCUT2D eigenvalue weighted by Crippen LogP contribution is 2.28. The molecule has 0 spiro atoms. The number of hydrogen-bond donors (Lipinski definition) is 3. The van der Waals surface area contributed by atoms with Gasteiger partial charge in [0.05, 0.1) is 0 Å². The summed E-state index contributed by atoms with van der Waals surface area (Å²) in [6.07, 6.45) is 5.05. The Morgan fingerprint density at radius 3 is 2.88 bits per heavy atom. The van der Waals surface area contributed by atoms with Gasteiger partial charge < -0.3 is 9.84 Å². The second-order valence-electron chi connectivity index (χ2n) is 3.57. The maximum absolute atomic E-state index is 11.1. The number of benzene rings is 1. The summed E-state index contributed by atoms with van der Waals surface area (Å²) in [4.78, 5) is 11.1. The zero-order valence-electron chi connectivity index (χ0n) is 8.96. The lowest BCUT2D eigenvalue weighted by atomic mass is 10.1. The van der Waals surface area contributed by atoms with Gasteiger partial charge in [-0.25, -0.2) is 5.21 Å². The first-order valence-corrected chi connectivity index (χ1v) is 5.08. The van der Waals surface area contributed by atoms with E-state index in [9.17, 15) is 9.90 Å². The number of phenols is 1. The highest BCUT2D eigenvalue weighted by Gasteiger charge is 2.12. The van der Waals surface area contributed by atoms with Gasteiger partial charge in [-0.2, -0.15) is 5.48 Å². The molecule has 0 saturated carbocycles. The Labute approximate surface area is 97.6 Å². The molecule has 0 saturated heterocycles. The minimum Gasteiger partial charge on any atom is -0.508 e. The Morgan fingerprint density at radius 1 is 1.35 bits per heavy atom. The van der Waals surface area contributed by atoms with E-state index < -0.39 is 0 Å². The van der Waals surface area contributed by atoms with E-state index in [1.165, 1.54) is 30.4 Å². The van der Waals surface area contributed by atoms with Crippen LogP contribution in [0, 0.1) is 0 Å². The molecule has 0 unspecified atom stereocenters. The van der Waals surface area contributed by atoms with Crippen LogP contribution < -0.4 is 10.2 Å². The number of allylic oxidation sites excluding steroid dienone is 3. The van der Waals surface area contributed by atoms with Crippen molar-refractivity contribution in [1.82, 2.24) is 0 Å². The number of ketones is 1. The van der Waals surface area contributed by atoms with E-state index in [1.54, 1.807) is 6.08 Å². The quantitative estimate of drug-likeness (QED) is 0.410. The number of carbonyl (C=O) groups excluding carboxylic acids is 1. The van der Waals surface area contributed by atoms with Crippen molar-refractivity contribution in [3.05, 3.63) is 42.2 Å². The Bertz CT molecular complexity index is 505. The first-order chi connectivity index (χ1) is 8.19. The molecule has 2 rings (SSSR count). The Kier molecular flexibility index (Phi) is 3.22. The van der Waals surface area contributed by atoms with Gasteiger partial charge in [-0.1, -0.05) is 6.08 Å². The van der Waals surface area contributed by atoms with Crippen LogP contribution in [0.3, 0.4) is 0 Å². The Hall–Kier alpha value is -2.11. The molecule has 1 aliphatic rings. The molecule has 0 atom stereocenters. The molecule has 4 N–H and O–H groups in total. The summed E-state index contributed by atoms with van der Waals surface area (Å²) >= 11 is 0. The monoisotopic (exact) mass is 234 g/mol. The SMILES string of the molecule is O=C1C=CCC(Oc2cc(O)ccc2[NH2+]O)=C1. The Balaban J connectivity index is 2.23. The van der Waals surface area contributed by atoms with E-state index in [4.69, 9.17) is 9.94 Å². The third kappa shape index (κ3) is 2.72. The predicted molar refractivity (Wildman–Crippen MR) is 59.0 cm³/mol. The molecule has 0 aromatic heterocycles. The molecule has 1 aliphatic carbocycles. The fourth-order valence-electron chi connectivity index (χ4n) is 1.49. The minimum absolute atomic E-state index is 0.0314. The summed E-state index contributed by atoms with van der Waals surface area (Å²) in [5.41, 5.74) is 1.32. The maximum atomic E-state index is 11.1. The lowest BCUT2D eigenvalue weighted by Crippen LogP contribution is -2.73. The van der Waals surface area contributed by atoms with E-state index in [-0.39, 0.29) is 11.5 Å². The van der Waals surface area contributed by atoms with Gasteiger partial charge in [0.25, 0.3) is 0 Å². The van der Waals surface area contributed by atoms with Crippen molar-refractivity contribution in [2.24, 2.45) is 0 Å². The van der Waals surface area contributed by atoms with Gasteiger partial charge in [-0.05, 0) is 12.1 Å². The molecule has 1 aromatic rings. The van der Waals surface area contributed by atoms with E-state index in [0.29, 0.717) is 23.6 Å². The number of aromatic hydroxyl groups is 1. The van der Waals surface area contributed by atoms with Gasteiger partial charge in [-0.3, -0.25) is 4.79 Å². The largest absolute Gasteiger partial charge is 0.508 e. The number of rotatable bonds is 3. The summed E-state index contributed by atoms with van der Waals surface area (Å²) in [5.74, 6) is 0.679. The molecule has 0 heterocycles. The van der Waals surface area contributed by atoms with Crippen molar-refractivity contribution in [1.29, 1.82) is 0 Å². The number of nitrogens with two attached hydrogens (primary N) is 1. The maximum Gasteiger partial charge on any atom is 0.205 e. The molecular formula is C12H12NO4+. The summed E-state index contributed by atoms with van der Waals surface area (Å²) in [5, 5.41) is 18.3. The molecule has 0 fully saturated rings. The van der Waals surface area contributed by atoms with Crippen LogP contribution >= 0.6 is 0 Å². The van der Waals surface area contributed by atoms with Crippen LogP contribution in [-0.2, 0) is 4.79 Å². The standard InChI is InChI=1S/C12H11NO4/c14-8-2-1-3-10(6-8)17-12-7-9(15)4-5-11(12)13-16/h1-2,4-7,13,15-16H,3H2/p+1. The topological polar surface area (TPSA) is 83.4 Å². The van der Waals surface area contributed by atoms with E-state index in [1.807, 2.05) is 0 Å². The molecule has 17 heavy (non-hydrogen) atoms. The summed E-state index contributed by atoms with van der Waals surface area (Å²) in [7, 11) is 0. The van der Waals surface area contributed by atoms with Gasteiger partial charge in [0.1, 0.15) is 11.5 Å². The van der Waals surface area contributed by atoms with Crippen molar-refractivity contribution in [2.75, 3.05) is 0 Å². The van der Waals surface area contributed by atoms with Gasteiger partial charge in [0.2, 0.25) is 5.69 Å². The highest BCUT2D eigenvalue weighted by atomic mass is 16.5. The average molecular weight is 234 g/mol. The van der Waals surface area contributed by atoms with Gasteiger partial charge >= 0.3 is 0 Å². The average Bonchev–Trinajstić information content (AvgIpc) is 2.29. The normalized spacial score (nSPS) is 14.6. The molecule has 88 valence electrons. The first-order valence-electron chi connectivity index (χ1n) is 5.08. The van der Waals surface area contributed by atoms with Crippen LogP contribution in [0.1, 0.15) is 6.42 Å². The Morgan fingerprint density at radius 2 is 2.18 bits per heavy atom. The smallest absolute Gasteiger partial charge is 0.205 e. The van der Waals surface area contributed by atoms with E-state index >= 15 is 0 Å². The predicted octanol–water partition coefficient (Wildman–Crippen LogP) is 0.768. The third-order valence-corrected chi connectivity index (χ3v) is 2.28. The fraction of sp³-hybridized carbons (Fsp3) is 0.0833. The molecule has 5 heteroatoms. The van der Waals surface area contributed by atoms with Crippen molar-refractivity contribution in [3.63, 3.8) is 0 Å². The van der Waals surface area contributed by atoms with E-state index in [2.05, 4.69) is 0 Å². The number of quaternary nitrogens is 1. The molecule has 0 amide bonds. The van der Waals surface area contributed by atoms with Crippen molar-refractivity contribution in [3.8, 4) is 11.5 Å². The van der Waals surface area contributed by atoms with Crippen molar-refractivity contribution >= 4 is 11.5 Å². The summed E-state index contributed by atoms with van der Waals surface area (Å²) in [6, 6.07) is 4.34. The van der Waals surface area contributed by atoms with Crippen LogP contribution in [0.15, 0.2) is 42.2 Å². The van der Waals surface area contributed by atoms with Gasteiger partial charge in [-0.15, -0.1) is 0 Å². The molecular weight excluding hydrogens is 222 g/mol. The van der Waals surface area contributed by atoms with Crippen molar-refractivity contribution < 1.29 is 25.3 Å². The lowest BCUT2D eigenvalue weighted by molar-refractivity contribution is -0.825. The number of ether oxygens (including phenoxy) is 1. The number of phenolic OH excluding ortho intramolecular Hbond substituents is 1. The molecule has 0 bridgehead atoms. The van der Waals surface area contributed by atoms with Crippen LogP contribution in [-0.4, -0.2) is 16.1 Å². The van der Waals surface area contributed by atoms with Gasteiger partial charge in [0, 0.05) is 24.6 Å². The molecule has 5 nitrogen and oxygen atoms in total. The fourth-order valence-corrected chi connectivity index (χ4v) is 1.49. The lowest BCUT2D eigenvalue weighted by Gasteiger charge is -2.11. The second kappa shape index (κ2) is 4.82. The zero-order valence-corrected chi connectivity index (χ0v) is 8.96. The molecule has 0 radical (unpaired) electrons. The number of carbonyl (C=O) groups is 1. The van der Waals surface area contributed by atoms with Crippen LogP contribution in [0.25, 0.3) is 0 Å². The molecule has 1 aromatic carbocycles. The summed E-state index contributed by atoms with van der Waals surface area (Å²) in [6.45, 7) is 0. The minimum atomic E-state index is -0.138. The second-order valence-corrected chi connectivity index (χ2v) is 3.57. The van der Waals surface area contributed by atoms with E-state index in [0.717, 1.165) is 5.48 Å².